The lowest BCUT2D eigenvalue weighted by atomic mass is 9.99. The summed E-state index contributed by atoms with van der Waals surface area (Å²) in [4.78, 5) is 18.7. The van der Waals surface area contributed by atoms with E-state index in [-0.39, 0.29) is 24.0 Å². The molecule has 27 heavy (non-hydrogen) atoms. The van der Waals surface area contributed by atoms with Crippen LogP contribution in [0.4, 0.5) is 4.79 Å². The van der Waals surface area contributed by atoms with Gasteiger partial charge in [-0.1, -0.05) is 6.92 Å². The monoisotopic (exact) mass is 497 g/mol. The zero-order valence-electron chi connectivity index (χ0n) is 18.1. The number of carbonyl (C=O) groups excluding carboxylic acids is 1. The third kappa shape index (κ3) is 12.3. The Kier molecular flexibility index (Phi) is 11.6. The molecule has 0 unspecified atom stereocenters. The van der Waals surface area contributed by atoms with Gasteiger partial charge in [0.05, 0.1) is 5.54 Å². The van der Waals surface area contributed by atoms with Crippen molar-refractivity contribution in [2.24, 2.45) is 10.9 Å². The molecule has 0 aliphatic carbocycles. The molecule has 0 saturated carbocycles. The fourth-order valence-corrected chi connectivity index (χ4v) is 2.77. The summed E-state index contributed by atoms with van der Waals surface area (Å²) in [7, 11) is 1.76. The van der Waals surface area contributed by atoms with Gasteiger partial charge >= 0.3 is 6.09 Å². The zero-order chi connectivity index (χ0) is 19.8. The largest absolute Gasteiger partial charge is 0.444 e. The molecule has 1 aliphatic heterocycles. The minimum absolute atomic E-state index is 0. The molecule has 8 heteroatoms. The molecule has 0 aromatic rings. The number of nitrogens with zero attached hydrogens (tertiary/aromatic N) is 2. The maximum absolute atomic E-state index is 11.9. The second-order valence-electron chi connectivity index (χ2n) is 8.89. The Morgan fingerprint density at radius 1 is 1.15 bits per heavy atom. The number of guanidine groups is 1. The van der Waals surface area contributed by atoms with Crippen LogP contribution in [0, 0.1) is 5.92 Å². The number of piperidine rings is 1. The normalized spacial score (nSPS) is 17.1. The van der Waals surface area contributed by atoms with E-state index >= 15 is 0 Å². The number of hydrogen-bond acceptors (Lipinski definition) is 4. The molecule has 1 fully saturated rings. The van der Waals surface area contributed by atoms with Crippen molar-refractivity contribution in [3.8, 4) is 0 Å². The highest BCUT2D eigenvalue weighted by Crippen LogP contribution is 2.15. The quantitative estimate of drug-likeness (QED) is 0.299. The fourth-order valence-electron chi connectivity index (χ4n) is 2.77. The molecule has 0 radical (unpaired) electrons. The van der Waals surface area contributed by atoms with E-state index in [0.717, 1.165) is 25.0 Å². The SMILES string of the molecule is CN=C(NCCN1CCC(C)CC1)NCC(C)(C)NC(=O)OC(C)(C)C.I. The van der Waals surface area contributed by atoms with Crippen LogP contribution in [0.5, 0.6) is 0 Å². The standard InChI is InChI=1S/C19H39N5O2.HI/c1-15-8-11-24(12-9-15)13-10-21-16(20-7)22-14-19(5,6)23-17(25)26-18(2,3)4;/h15H,8-14H2,1-7H3,(H,23,25)(H2,20,21,22);1H. The van der Waals surface area contributed by atoms with Gasteiger partial charge in [0.1, 0.15) is 5.60 Å². The predicted molar refractivity (Wildman–Crippen MR) is 123 cm³/mol. The van der Waals surface area contributed by atoms with Crippen molar-refractivity contribution >= 4 is 36.0 Å². The molecule has 1 rings (SSSR count). The number of rotatable bonds is 6. The molecular formula is C19H40IN5O2. The molecule has 0 atom stereocenters. The number of alkyl carbamates (subject to hydrolysis) is 1. The Morgan fingerprint density at radius 3 is 2.26 bits per heavy atom. The van der Waals surface area contributed by atoms with Crippen LogP contribution in [-0.4, -0.2) is 67.9 Å². The van der Waals surface area contributed by atoms with Crippen molar-refractivity contribution in [2.45, 2.75) is 65.5 Å². The molecule has 0 aromatic carbocycles. The van der Waals surface area contributed by atoms with Gasteiger partial charge in [-0.3, -0.25) is 4.99 Å². The van der Waals surface area contributed by atoms with Crippen LogP contribution in [0.3, 0.4) is 0 Å². The Morgan fingerprint density at radius 2 is 1.74 bits per heavy atom. The second-order valence-corrected chi connectivity index (χ2v) is 8.89. The van der Waals surface area contributed by atoms with E-state index in [1.54, 1.807) is 7.05 Å². The molecule has 0 aromatic heterocycles. The minimum Gasteiger partial charge on any atom is -0.444 e. The van der Waals surface area contributed by atoms with Crippen molar-refractivity contribution in [3.05, 3.63) is 0 Å². The first-order valence-corrected chi connectivity index (χ1v) is 9.69. The van der Waals surface area contributed by atoms with Gasteiger partial charge in [-0.05, 0) is 66.5 Å². The van der Waals surface area contributed by atoms with E-state index < -0.39 is 17.2 Å². The van der Waals surface area contributed by atoms with E-state index in [4.69, 9.17) is 4.74 Å². The summed E-state index contributed by atoms with van der Waals surface area (Å²) < 4.78 is 5.32. The lowest BCUT2D eigenvalue weighted by Gasteiger charge is -2.31. The number of hydrogen-bond donors (Lipinski definition) is 3. The molecule has 160 valence electrons. The minimum atomic E-state index is -0.503. The number of nitrogens with one attached hydrogen (secondary N) is 3. The predicted octanol–water partition coefficient (Wildman–Crippen LogP) is 2.80. The molecule has 0 spiro atoms. The summed E-state index contributed by atoms with van der Waals surface area (Å²) in [6, 6.07) is 0. The average molecular weight is 497 g/mol. The lowest BCUT2D eigenvalue weighted by Crippen LogP contribution is -2.54. The van der Waals surface area contributed by atoms with Gasteiger partial charge in [-0.2, -0.15) is 0 Å². The summed E-state index contributed by atoms with van der Waals surface area (Å²) in [5.74, 6) is 1.60. The highest BCUT2D eigenvalue weighted by molar-refractivity contribution is 14.0. The van der Waals surface area contributed by atoms with Crippen molar-refractivity contribution < 1.29 is 9.53 Å². The zero-order valence-corrected chi connectivity index (χ0v) is 20.5. The summed E-state index contributed by atoms with van der Waals surface area (Å²) in [5.41, 5.74) is -0.958. The van der Waals surface area contributed by atoms with Gasteiger partial charge in [-0.15, -0.1) is 24.0 Å². The number of halogens is 1. The Bertz CT molecular complexity index is 469. The van der Waals surface area contributed by atoms with E-state index in [1.165, 1.54) is 25.9 Å². The van der Waals surface area contributed by atoms with Crippen LogP contribution in [0.2, 0.25) is 0 Å². The molecule has 3 N–H and O–H groups in total. The van der Waals surface area contributed by atoms with E-state index in [1.807, 2.05) is 34.6 Å². The number of aliphatic imine (C=N–C) groups is 1. The van der Waals surface area contributed by atoms with Crippen LogP contribution in [0.25, 0.3) is 0 Å². The number of amides is 1. The number of ether oxygens (including phenoxy) is 1. The molecule has 1 aliphatic rings. The first kappa shape index (κ1) is 26.2. The highest BCUT2D eigenvalue weighted by Gasteiger charge is 2.24. The van der Waals surface area contributed by atoms with Crippen molar-refractivity contribution in [2.75, 3.05) is 39.8 Å². The molecule has 7 nitrogen and oxygen atoms in total. The molecular weight excluding hydrogens is 457 g/mol. The van der Waals surface area contributed by atoms with Gasteiger partial charge in [0.2, 0.25) is 0 Å². The lowest BCUT2D eigenvalue weighted by molar-refractivity contribution is 0.0474. The van der Waals surface area contributed by atoms with Gasteiger partial charge in [0, 0.05) is 26.7 Å². The molecule has 1 saturated heterocycles. The Hall–Kier alpha value is -0.770. The first-order valence-electron chi connectivity index (χ1n) is 9.69. The maximum Gasteiger partial charge on any atom is 0.408 e. The highest BCUT2D eigenvalue weighted by atomic mass is 127. The second kappa shape index (κ2) is 11.9. The van der Waals surface area contributed by atoms with Gasteiger partial charge < -0.3 is 25.6 Å². The van der Waals surface area contributed by atoms with Crippen LogP contribution in [-0.2, 0) is 4.74 Å². The Labute approximate surface area is 182 Å². The third-order valence-corrected chi connectivity index (χ3v) is 4.36. The van der Waals surface area contributed by atoms with E-state index in [2.05, 4.69) is 32.8 Å². The van der Waals surface area contributed by atoms with E-state index in [0.29, 0.717) is 6.54 Å². The molecule has 0 bridgehead atoms. The topological polar surface area (TPSA) is 78.0 Å². The third-order valence-electron chi connectivity index (χ3n) is 4.36. The Balaban J connectivity index is 0.00000676. The van der Waals surface area contributed by atoms with Crippen molar-refractivity contribution in [3.63, 3.8) is 0 Å². The van der Waals surface area contributed by atoms with Crippen LogP contribution in [0.1, 0.15) is 54.4 Å². The van der Waals surface area contributed by atoms with Crippen LogP contribution >= 0.6 is 24.0 Å². The van der Waals surface area contributed by atoms with Crippen molar-refractivity contribution in [1.29, 1.82) is 0 Å². The average Bonchev–Trinajstić information content (AvgIpc) is 2.50. The summed E-state index contributed by atoms with van der Waals surface area (Å²) >= 11 is 0. The maximum atomic E-state index is 11.9. The first-order chi connectivity index (χ1) is 12.0. The number of likely N-dealkylation sites (tertiary alicyclic amines) is 1. The summed E-state index contributed by atoms with van der Waals surface area (Å²) in [5, 5.41) is 9.51. The smallest absolute Gasteiger partial charge is 0.408 e. The van der Waals surface area contributed by atoms with E-state index in [9.17, 15) is 4.79 Å². The number of carbonyl (C=O) groups is 1. The summed E-state index contributed by atoms with van der Waals surface area (Å²) in [6.07, 6.45) is 2.17. The fraction of sp³-hybridized carbons (Fsp3) is 0.895. The van der Waals surface area contributed by atoms with Gasteiger partial charge in [0.25, 0.3) is 0 Å². The van der Waals surface area contributed by atoms with Crippen molar-refractivity contribution in [1.82, 2.24) is 20.9 Å². The van der Waals surface area contributed by atoms with Crippen LogP contribution < -0.4 is 16.0 Å². The molecule has 1 heterocycles. The summed E-state index contributed by atoms with van der Waals surface area (Å²) in [6.45, 7) is 16.6. The van der Waals surface area contributed by atoms with Crippen LogP contribution in [0.15, 0.2) is 4.99 Å². The molecule has 1 amide bonds. The van der Waals surface area contributed by atoms with Gasteiger partial charge in [0.15, 0.2) is 5.96 Å². The van der Waals surface area contributed by atoms with Gasteiger partial charge in [-0.25, -0.2) is 4.79 Å².